The van der Waals surface area contributed by atoms with Crippen molar-refractivity contribution in [3.05, 3.63) is 53.6 Å². The second-order valence-corrected chi connectivity index (χ2v) is 11.6. The zero-order valence-corrected chi connectivity index (χ0v) is 23.6. The molecule has 7 rings (SSSR count). The Kier molecular flexibility index (Phi) is 6.28. The van der Waals surface area contributed by atoms with Crippen LogP contribution in [0.2, 0.25) is 5.02 Å². The number of carbonyl (C=O) groups is 2. The molecule has 3 atom stereocenters. The molecule has 2 amide bonds. The summed E-state index contributed by atoms with van der Waals surface area (Å²) in [5.74, 6) is -2.58. The molecule has 3 aromatic rings. The molecule has 1 N–H and O–H groups in total. The van der Waals surface area contributed by atoms with Gasteiger partial charge in [0.05, 0.1) is 29.4 Å². The molecule has 4 aliphatic rings. The first-order valence-electron chi connectivity index (χ1n) is 13.9. The van der Waals surface area contributed by atoms with Crippen LogP contribution in [0.15, 0.2) is 36.9 Å². The van der Waals surface area contributed by atoms with Crippen LogP contribution in [0, 0.1) is 11.6 Å². The molecule has 4 aliphatic heterocycles. The SMILES string of the molecule is C=CC(=O)N1CCN2c3c4c(nc5c(F)c(-c6c(O)cccc6F)c(Cl)cc35)O[C@@H]([C@@H]3CCCN3C)CN4C(=O)[C@H]2C1. The van der Waals surface area contributed by atoms with Crippen molar-refractivity contribution < 1.29 is 28.2 Å². The minimum Gasteiger partial charge on any atom is -0.507 e. The topological polar surface area (TPSA) is 89.4 Å². The van der Waals surface area contributed by atoms with Crippen molar-refractivity contribution in [2.75, 3.05) is 49.6 Å². The van der Waals surface area contributed by atoms with E-state index in [9.17, 15) is 19.1 Å². The van der Waals surface area contributed by atoms with Gasteiger partial charge in [0.15, 0.2) is 5.82 Å². The number of ether oxygens (including phenoxy) is 1. The van der Waals surface area contributed by atoms with Crippen molar-refractivity contribution in [3.8, 4) is 22.8 Å². The van der Waals surface area contributed by atoms with E-state index in [1.54, 1.807) is 9.80 Å². The molecule has 2 aromatic carbocycles. The van der Waals surface area contributed by atoms with Crippen molar-refractivity contribution in [1.82, 2.24) is 14.8 Å². The quantitative estimate of drug-likeness (QED) is 0.459. The van der Waals surface area contributed by atoms with Gasteiger partial charge < -0.3 is 24.5 Å². The van der Waals surface area contributed by atoms with Gasteiger partial charge in [0.2, 0.25) is 11.8 Å². The highest BCUT2D eigenvalue weighted by molar-refractivity contribution is 6.35. The van der Waals surface area contributed by atoms with E-state index in [4.69, 9.17) is 16.3 Å². The number of aromatic nitrogens is 1. The number of aromatic hydroxyl groups is 1. The van der Waals surface area contributed by atoms with Gasteiger partial charge in [-0.15, -0.1) is 0 Å². The Morgan fingerprint density at radius 3 is 2.71 bits per heavy atom. The number of hydrogen-bond acceptors (Lipinski definition) is 7. The first-order chi connectivity index (χ1) is 20.2. The maximum atomic E-state index is 16.5. The summed E-state index contributed by atoms with van der Waals surface area (Å²) in [4.78, 5) is 38.5. The van der Waals surface area contributed by atoms with Gasteiger partial charge in [-0.1, -0.05) is 24.2 Å². The molecular weight excluding hydrogens is 568 g/mol. The van der Waals surface area contributed by atoms with Crippen LogP contribution in [-0.2, 0) is 9.59 Å². The first-order valence-corrected chi connectivity index (χ1v) is 14.3. The molecule has 2 fully saturated rings. The lowest BCUT2D eigenvalue weighted by atomic mass is 9.95. The van der Waals surface area contributed by atoms with Crippen LogP contribution in [-0.4, -0.2) is 89.7 Å². The summed E-state index contributed by atoms with van der Waals surface area (Å²) >= 11 is 6.62. The predicted octanol–water partition coefficient (Wildman–Crippen LogP) is 3.94. The highest BCUT2D eigenvalue weighted by Gasteiger charge is 2.49. The van der Waals surface area contributed by atoms with Crippen LogP contribution < -0.4 is 14.5 Å². The highest BCUT2D eigenvalue weighted by Crippen LogP contribution is 2.52. The molecule has 9 nitrogen and oxygen atoms in total. The van der Waals surface area contributed by atoms with Gasteiger partial charge in [-0.3, -0.25) is 14.5 Å². The Morgan fingerprint density at radius 1 is 1.19 bits per heavy atom. The standard InChI is InChI=1S/C30H28ClF2N5O4/c1-3-22(40)36-10-11-37-19(13-36)30(41)38-14-21(18-7-5-9-35(18)2)42-29-28(38)27(37)15-12-16(31)23(25(33)26(15)34-29)24-17(32)6-4-8-20(24)39/h3-4,6,8,12,18-19,21,39H,1,5,7,9-11,13-14H2,2H3/t18-,19+,21+/m0/s1. The van der Waals surface area contributed by atoms with Crippen LogP contribution in [0.5, 0.6) is 11.6 Å². The monoisotopic (exact) mass is 595 g/mol. The minimum absolute atomic E-state index is 0.0242. The number of fused-ring (bicyclic) bond motifs is 4. The maximum absolute atomic E-state index is 16.5. The normalized spacial score (nSPS) is 23.6. The third-order valence-electron chi connectivity index (χ3n) is 8.94. The Labute approximate surface area is 245 Å². The van der Waals surface area contributed by atoms with E-state index in [2.05, 4.69) is 16.5 Å². The highest BCUT2D eigenvalue weighted by atomic mass is 35.5. The van der Waals surface area contributed by atoms with Crippen molar-refractivity contribution in [1.29, 1.82) is 0 Å². The Bertz CT molecular complexity index is 1670. The third-order valence-corrected chi connectivity index (χ3v) is 9.23. The smallest absolute Gasteiger partial charge is 0.251 e. The zero-order chi connectivity index (χ0) is 29.4. The van der Waals surface area contributed by atoms with Gasteiger partial charge >= 0.3 is 0 Å². The number of nitrogens with zero attached hydrogens (tertiary/aromatic N) is 5. The summed E-state index contributed by atoms with van der Waals surface area (Å²) in [7, 11) is 2.00. The lowest BCUT2D eigenvalue weighted by molar-refractivity contribution is -0.128. The molecule has 0 unspecified atom stereocenters. The molecule has 1 aromatic heterocycles. The van der Waals surface area contributed by atoms with Crippen molar-refractivity contribution in [2.45, 2.75) is 31.0 Å². The molecule has 12 heteroatoms. The van der Waals surface area contributed by atoms with Crippen LogP contribution in [0.1, 0.15) is 12.8 Å². The number of carbonyl (C=O) groups excluding carboxylic acids is 2. The van der Waals surface area contributed by atoms with Crippen LogP contribution in [0.4, 0.5) is 20.2 Å². The van der Waals surface area contributed by atoms with Gasteiger partial charge in [0.1, 0.15) is 34.9 Å². The van der Waals surface area contributed by atoms with E-state index < -0.39 is 29.5 Å². The second kappa shape index (κ2) is 9.81. The van der Waals surface area contributed by atoms with E-state index in [1.165, 1.54) is 24.3 Å². The number of pyridine rings is 1. The van der Waals surface area contributed by atoms with E-state index in [0.29, 0.717) is 29.9 Å². The van der Waals surface area contributed by atoms with E-state index in [0.717, 1.165) is 25.5 Å². The molecule has 0 spiro atoms. The summed E-state index contributed by atoms with van der Waals surface area (Å²) < 4.78 is 37.9. The summed E-state index contributed by atoms with van der Waals surface area (Å²) in [6.07, 6.45) is 2.66. The molecule has 218 valence electrons. The fraction of sp³-hybridized carbons (Fsp3) is 0.367. The Balaban J connectivity index is 1.47. The molecule has 0 saturated carbocycles. The summed E-state index contributed by atoms with van der Waals surface area (Å²) in [6, 6.07) is 4.47. The van der Waals surface area contributed by atoms with Gasteiger partial charge in [-0.25, -0.2) is 13.8 Å². The molecular formula is C30H28ClF2N5O4. The second-order valence-electron chi connectivity index (χ2n) is 11.2. The lowest BCUT2D eigenvalue weighted by Crippen LogP contribution is -2.65. The molecule has 2 saturated heterocycles. The number of benzene rings is 2. The van der Waals surface area contributed by atoms with Crippen LogP contribution in [0.3, 0.4) is 0 Å². The number of hydrogen-bond donors (Lipinski definition) is 1. The fourth-order valence-electron chi connectivity index (χ4n) is 6.92. The number of rotatable bonds is 3. The van der Waals surface area contributed by atoms with Gasteiger partial charge in [-0.2, -0.15) is 0 Å². The largest absolute Gasteiger partial charge is 0.507 e. The number of likely N-dealkylation sites (N-methyl/N-ethyl adjacent to an activating group) is 1. The van der Waals surface area contributed by atoms with Crippen LogP contribution >= 0.6 is 11.6 Å². The zero-order valence-electron chi connectivity index (χ0n) is 22.8. The minimum atomic E-state index is -0.916. The fourth-order valence-corrected chi connectivity index (χ4v) is 7.20. The van der Waals surface area contributed by atoms with Crippen LogP contribution in [0.25, 0.3) is 22.0 Å². The molecule has 0 radical (unpaired) electrons. The number of piperazine rings is 1. The summed E-state index contributed by atoms with van der Waals surface area (Å²) in [6.45, 7) is 5.49. The molecule has 42 heavy (non-hydrogen) atoms. The number of anilines is 2. The maximum Gasteiger partial charge on any atom is 0.251 e. The van der Waals surface area contributed by atoms with Crippen molar-refractivity contribution in [2.24, 2.45) is 0 Å². The summed E-state index contributed by atoms with van der Waals surface area (Å²) in [5, 5.41) is 10.6. The third kappa shape index (κ3) is 3.86. The Hall–Kier alpha value is -3.96. The van der Waals surface area contributed by atoms with Gasteiger partial charge in [-0.05, 0) is 50.7 Å². The molecule has 0 bridgehead atoms. The van der Waals surface area contributed by atoms with Crippen molar-refractivity contribution in [3.63, 3.8) is 0 Å². The van der Waals surface area contributed by atoms with E-state index in [-0.39, 0.29) is 58.5 Å². The number of phenols is 1. The number of amides is 2. The lowest BCUT2D eigenvalue weighted by Gasteiger charge is -2.50. The number of halogens is 3. The molecule has 0 aliphatic carbocycles. The number of phenolic OH excluding ortho intramolecular Hbond substituents is 1. The van der Waals surface area contributed by atoms with Gasteiger partial charge in [0, 0.05) is 30.1 Å². The van der Waals surface area contributed by atoms with Gasteiger partial charge in [0.25, 0.3) is 5.91 Å². The predicted molar refractivity (Wildman–Crippen MR) is 154 cm³/mol. The van der Waals surface area contributed by atoms with E-state index >= 15 is 4.39 Å². The Morgan fingerprint density at radius 2 is 2.00 bits per heavy atom. The van der Waals surface area contributed by atoms with Crippen molar-refractivity contribution >= 4 is 45.7 Å². The average Bonchev–Trinajstić information content (AvgIpc) is 3.41. The summed E-state index contributed by atoms with van der Waals surface area (Å²) in [5.41, 5.74) is 0.148. The van der Waals surface area contributed by atoms with E-state index in [1.807, 2.05) is 11.9 Å². The molecule has 5 heterocycles. The first kappa shape index (κ1) is 26.9. The number of likely N-dealkylation sites (tertiary alicyclic amines) is 1. The average molecular weight is 596 g/mol.